The molecule has 4 amide bonds. The number of urea groups is 1. The van der Waals surface area contributed by atoms with Gasteiger partial charge in [-0.1, -0.05) is 24.3 Å². The zero-order valence-corrected chi connectivity index (χ0v) is 20.2. The summed E-state index contributed by atoms with van der Waals surface area (Å²) >= 11 is 0.778. The topological polar surface area (TPSA) is 100 Å². The largest absolute Gasteiger partial charge is 0.573 e. The van der Waals surface area contributed by atoms with E-state index >= 15 is 0 Å². The molecule has 0 atom stereocenters. The quantitative estimate of drug-likeness (QED) is 0.239. The first-order chi connectivity index (χ1) is 17.5. The van der Waals surface area contributed by atoms with Gasteiger partial charge in [0.15, 0.2) is 0 Å². The minimum atomic E-state index is -4.85. The number of hydrogen-bond acceptors (Lipinski definition) is 6. The predicted molar refractivity (Wildman–Crippen MR) is 134 cm³/mol. The van der Waals surface area contributed by atoms with Gasteiger partial charge in [0.25, 0.3) is 11.8 Å². The van der Waals surface area contributed by atoms with Gasteiger partial charge in [-0.2, -0.15) is 0 Å². The molecule has 2 N–H and O–H groups in total. The molecule has 8 nitrogen and oxygen atoms in total. The van der Waals surface area contributed by atoms with Crippen LogP contribution in [0.4, 0.5) is 29.3 Å². The molecule has 0 aromatic heterocycles. The van der Waals surface area contributed by atoms with Gasteiger partial charge in [0, 0.05) is 11.9 Å². The number of aryl methyl sites for hydroxylation is 2. The van der Waals surface area contributed by atoms with E-state index in [9.17, 15) is 27.6 Å². The summed E-state index contributed by atoms with van der Waals surface area (Å²) in [6.07, 6.45) is -3.44. The van der Waals surface area contributed by atoms with Crippen LogP contribution < -0.4 is 19.7 Å². The number of alkyl halides is 3. The van der Waals surface area contributed by atoms with Gasteiger partial charge >= 0.3 is 12.4 Å². The first-order valence-corrected chi connectivity index (χ1v) is 11.5. The number of fused-ring (bicyclic) bond motifs is 1. The van der Waals surface area contributed by atoms with Crippen LogP contribution in [0.25, 0.3) is 0 Å². The van der Waals surface area contributed by atoms with E-state index < -0.39 is 30.0 Å². The second-order valence-corrected chi connectivity index (χ2v) is 8.54. The van der Waals surface area contributed by atoms with Gasteiger partial charge in [0.2, 0.25) is 0 Å². The fraction of sp³-hybridized carbons (Fsp3) is 0.120. The molecule has 1 heterocycles. The Balaban J connectivity index is 1.39. The van der Waals surface area contributed by atoms with Crippen LogP contribution in [0.3, 0.4) is 0 Å². The van der Waals surface area contributed by atoms with E-state index in [0.717, 1.165) is 40.3 Å². The summed E-state index contributed by atoms with van der Waals surface area (Å²) in [5.74, 6) is -1.70. The lowest BCUT2D eigenvalue weighted by molar-refractivity contribution is -0.274. The number of halogens is 3. The maximum Gasteiger partial charge on any atom is 0.573 e. The average molecular weight is 529 g/mol. The summed E-state index contributed by atoms with van der Waals surface area (Å²) in [4.78, 5) is 38.7. The molecule has 1 aliphatic rings. The predicted octanol–water partition coefficient (Wildman–Crippen LogP) is 5.81. The van der Waals surface area contributed by atoms with Gasteiger partial charge in [0.05, 0.1) is 28.9 Å². The molecule has 0 saturated heterocycles. The minimum Gasteiger partial charge on any atom is -0.406 e. The molecular weight excluding hydrogens is 509 g/mol. The van der Waals surface area contributed by atoms with Crippen molar-refractivity contribution in [2.45, 2.75) is 20.2 Å². The molecule has 0 fully saturated rings. The van der Waals surface area contributed by atoms with Crippen molar-refractivity contribution in [1.29, 1.82) is 0 Å². The first kappa shape index (κ1) is 25.8. The minimum absolute atomic E-state index is 0.102. The fourth-order valence-electron chi connectivity index (χ4n) is 3.68. The molecule has 3 aromatic carbocycles. The number of rotatable bonds is 6. The first-order valence-electron chi connectivity index (χ1n) is 10.7. The van der Waals surface area contributed by atoms with Gasteiger partial charge in [-0.05, 0) is 66.9 Å². The molecule has 190 valence electrons. The number of hydrogen-bond donors (Lipinski definition) is 2. The van der Waals surface area contributed by atoms with Crippen molar-refractivity contribution in [3.8, 4) is 5.75 Å². The monoisotopic (exact) mass is 528 g/mol. The molecule has 0 spiro atoms. The van der Waals surface area contributed by atoms with E-state index in [1.807, 2.05) is 32.0 Å². The standard InChI is InChI=1S/C25H19F3N4O4S/c1-14-4-3-5-15(2)21(14)30-24(35)31-37-29-13-16-6-11-19-20(12-16)23(34)32(22(19)33)17-7-9-18(10-8-17)36-25(26,27)28/h3-13H,1-2H3,(H2,30,31,35)/b29-13+. The molecule has 0 bridgehead atoms. The van der Waals surface area contributed by atoms with Gasteiger partial charge in [-0.15, -0.1) is 13.2 Å². The van der Waals surface area contributed by atoms with Crippen molar-refractivity contribution in [1.82, 2.24) is 4.72 Å². The second kappa shape index (κ2) is 10.3. The van der Waals surface area contributed by atoms with Crippen LogP contribution in [-0.2, 0) is 0 Å². The summed E-state index contributed by atoms with van der Waals surface area (Å²) in [6.45, 7) is 3.76. The Morgan fingerprint density at radius 2 is 1.62 bits per heavy atom. The number of nitrogens with zero attached hydrogens (tertiary/aromatic N) is 2. The molecule has 37 heavy (non-hydrogen) atoms. The van der Waals surface area contributed by atoms with Crippen molar-refractivity contribution in [2.75, 3.05) is 10.2 Å². The van der Waals surface area contributed by atoms with Crippen LogP contribution in [0.2, 0.25) is 0 Å². The van der Waals surface area contributed by atoms with Gasteiger partial charge in [-0.3, -0.25) is 14.3 Å². The highest BCUT2D eigenvalue weighted by atomic mass is 32.2. The maximum absolute atomic E-state index is 12.9. The smallest absolute Gasteiger partial charge is 0.406 e. The summed E-state index contributed by atoms with van der Waals surface area (Å²) in [5, 5.41) is 2.76. The zero-order chi connectivity index (χ0) is 26.7. The van der Waals surface area contributed by atoms with Gasteiger partial charge in [-0.25, -0.2) is 14.1 Å². The highest BCUT2D eigenvalue weighted by Crippen LogP contribution is 2.31. The third-order valence-corrected chi connectivity index (χ3v) is 5.84. The summed E-state index contributed by atoms with van der Waals surface area (Å²) in [5.41, 5.74) is 3.41. The van der Waals surface area contributed by atoms with Crippen LogP contribution in [0, 0.1) is 13.8 Å². The lowest BCUT2D eigenvalue weighted by Crippen LogP contribution is -2.29. The number of benzene rings is 3. The lowest BCUT2D eigenvalue weighted by Gasteiger charge is -2.15. The highest BCUT2D eigenvalue weighted by molar-refractivity contribution is 7.96. The Kier molecular flexibility index (Phi) is 7.21. The number of imide groups is 1. The molecule has 12 heteroatoms. The molecule has 4 rings (SSSR count). The Morgan fingerprint density at radius 3 is 2.27 bits per heavy atom. The number of anilines is 2. The van der Waals surface area contributed by atoms with Crippen LogP contribution in [0.5, 0.6) is 5.75 Å². The lowest BCUT2D eigenvalue weighted by atomic mass is 10.1. The zero-order valence-electron chi connectivity index (χ0n) is 19.4. The molecule has 0 saturated carbocycles. The number of nitrogens with one attached hydrogen (secondary N) is 2. The summed E-state index contributed by atoms with van der Waals surface area (Å²) in [6, 6.07) is 14.1. The normalized spacial score (nSPS) is 13.2. The van der Waals surface area contributed by atoms with Crippen LogP contribution in [0.15, 0.2) is 65.1 Å². The Labute approximate surface area is 213 Å². The molecular formula is C25H19F3N4O4S. The fourth-order valence-corrected chi connectivity index (χ4v) is 4.04. The summed E-state index contributed by atoms with van der Waals surface area (Å²) < 4.78 is 47.5. The van der Waals surface area contributed by atoms with E-state index in [2.05, 4.69) is 19.2 Å². The number of amides is 4. The van der Waals surface area contributed by atoms with E-state index in [4.69, 9.17) is 0 Å². The number of para-hydroxylation sites is 1. The second-order valence-electron chi connectivity index (χ2n) is 7.94. The molecule has 0 unspecified atom stereocenters. The molecule has 0 aliphatic carbocycles. The highest BCUT2D eigenvalue weighted by Gasteiger charge is 2.37. The molecule has 0 radical (unpaired) electrons. The van der Waals surface area contributed by atoms with E-state index in [-0.39, 0.29) is 16.8 Å². The Bertz CT molecular complexity index is 1390. The van der Waals surface area contributed by atoms with Gasteiger partial charge < -0.3 is 10.1 Å². The average Bonchev–Trinajstić information content (AvgIpc) is 3.08. The third-order valence-electron chi connectivity index (χ3n) is 5.35. The molecule has 3 aromatic rings. The van der Waals surface area contributed by atoms with E-state index in [1.54, 1.807) is 6.07 Å². The van der Waals surface area contributed by atoms with E-state index in [0.29, 0.717) is 11.3 Å². The van der Waals surface area contributed by atoms with Gasteiger partial charge in [0.1, 0.15) is 5.75 Å². The number of carbonyl (C=O) groups is 3. The summed E-state index contributed by atoms with van der Waals surface area (Å²) in [7, 11) is 0. The number of ether oxygens (including phenoxy) is 1. The van der Waals surface area contributed by atoms with Crippen LogP contribution in [0.1, 0.15) is 37.4 Å². The van der Waals surface area contributed by atoms with Crippen LogP contribution >= 0.6 is 12.1 Å². The maximum atomic E-state index is 12.9. The van der Waals surface area contributed by atoms with Crippen molar-refractivity contribution in [3.05, 3.63) is 88.5 Å². The van der Waals surface area contributed by atoms with E-state index in [1.165, 1.54) is 30.5 Å². The van der Waals surface area contributed by atoms with Crippen molar-refractivity contribution in [3.63, 3.8) is 0 Å². The van der Waals surface area contributed by atoms with Crippen molar-refractivity contribution >= 4 is 47.6 Å². The SMILES string of the molecule is Cc1cccc(C)c1NC(=O)NS/N=C/c1ccc2c(c1)C(=O)N(c1ccc(OC(F)(F)F)cc1)C2=O. The van der Waals surface area contributed by atoms with Crippen molar-refractivity contribution < 1.29 is 32.3 Å². The van der Waals surface area contributed by atoms with Crippen molar-refractivity contribution in [2.24, 2.45) is 4.40 Å². The number of carbonyl (C=O) groups excluding carboxylic acids is 3. The van der Waals surface area contributed by atoms with Crippen LogP contribution in [-0.4, -0.2) is 30.4 Å². The Hall–Kier alpha value is -4.32. The Morgan fingerprint density at radius 1 is 0.973 bits per heavy atom. The third kappa shape index (κ3) is 5.92. The molecule has 1 aliphatic heterocycles.